The van der Waals surface area contributed by atoms with Crippen molar-refractivity contribution in [1.29, 1.82) is 0 Å². The van der Waals surface area contributed by atoms with E-state index in [2.05, 4.69) is 17.2 Å². The first-order valence-electron chi connectivity index (χ1n) is 6.93. The van der Waals surface area contributed by atoms with Crippen molar-refractivity contribution in [2.75, 3.05) is 7.05 Å². The van der Waals surface area contributed by atoms with Crippen LogP contribution in [-0.2, 0) is 18.7 Å². The van der Waals surface area contributed by atoms with Crippen LogP contribution >= 0.6 is 11.8 Å². The Morgan fingerprint density at radius 2 is 2.17 bits per heavy atom. The zero-order valence-electron chi connectivity index (χ0n) is 11.4. The van der Waals surface area contributed by atoms with Crippen LogP contribution in [0.15, 0.2) is 6.20 Å². The fraction of sp³-hybridized carbons (Fsp3) is 0.714. The third kappa shape index (κ3) is 3.69. The lowest BCUT2D eigenvalue weighted by atomic mass is 10.2. The maximum Gasteiger partial charge on any atom is 0.138 e. The van der Waals surface area contributed by atoms with Crippen molar-refractivity contribution >= 4 is 11.8 Å². The zero-order chi connectivity index (χ0) is 12.8. The molecule has 0 unspecified atom stereocenters. The molecule has 0 amide bonds. The van der Waals surface area contributed by atoms with Crippen molar-refractivity contribution in [2.45, 2.75) is 56.6 Å². The Morgan fingerprint density at radius 1 is 1.39 bits per heavy atom. The average molecular weight is 265 g/mol. The van der Waals surface area contributed by atoms with Gasteiger partial charge in [0.15, 0.2) is 0 Å². The summed E-state index contributed by atoms with van der Waals surface area (Å²) >= 11 is 2.03. The van der Waals surface area contributed by atoms with Crippen molar-refractivity contribution < 1.29 is 0 Å². The van der Waals surface area contributed by atoms with E-state index in [4.69, 9.17) is 4.98 Å². The Bertz CT molecular complexity index is 375. The molecule has 100 valence electrons. The third-order valence-electron chi connectivity index (χ3n) is 3.46. The Morgan fingerprint density at radius 3 is 2.83 bits per heavy atom. The van der Waals surface area contributed by atoms with Crippen LogP contribution < -0.4 is 5.32 Å². The molecule has 0 atom stereocenters. The molecule has 1 saturated carbocycles. The number of hydrogen-bond donors (Lipinski definition) is 1. The van der Waals surface area contributed by atoms with Crippen molar-refractivity contribution in [1.82, 2.24) is 15.3 Å². The van der Waals surface area contributed by atoms with Crippen LogP contribution in [0, 0.1) is 0 Å². The highest BCUT2D eigenvalue weighted by molar-refractivity contribution is 7.99. The molecule has 1 aliphatic rings. The summed E-state index contributed by atoms with van der Waals surface area (Å²) in [6.45, 7) is 3.02. The maximum absolute atomic E-state index is 4.70. The van der Waals surface area contributed by atoms with E-state index >= 15 is 0 Å². The maximum atomic E-state index is 4.70. The van der Waals surface area contributed by atoms with Crippen molar-refractivity contribution in [2.24, 2.45) is 0 Å². The van der Waals surface area contributed by atoms with Gasteiger partial charge in [0.25, 0.3) is 0 Å². The topological polar surface area (TPSA) is 37.8 Å². The fourth-order valence-electron chi connectivity index (χ4n) is 2.44. The monoisotopic (exact) mass is 265 g/mol. The van der Waals surface area contributed by atoms with E-state index in [0.717, 1.165) is 29.8 Å². The summed E-state index contributed by atoms with van der Waals surface area (Å²) in [5.41, 5.74) is 2.43. The molecule has 0 aliphatic heterocycles. The summed E-state index contributed by atoms with van der Waals surface area (Å²) in [5, 5.41) is 4.01. The quantitative estimate of drug-likeness (QED) is 0.858. The number of rotatable bonds is 6. The van der Waals surface area contributed by atoms with Crippen LogP contribution in [0.4, 0.5) is 0 Å². The lowest BCUT2D eigenvalue weighted by Gasteiger charge is -2.10. The first-order valence-corrected chi connectivity index (χ1v) is 7.98. The van der Waals surface area contributed by atoms with E-state index < -0.39 is 0 Å². The lowest BCUT2D eigenvalue weighted by Crippen LogP contribution is -2.11. The minimum atomic E-state index is 0.843. The molecule has 0 saturated heterocycles. The molecule has 1 aliphatic carbocycles. The smallest absolute Gasteiger partial charge is 0.138 e. The number of aryl methyl sites for hydroxylation is 1. The van der Waals surface area contributed by atoms with Gasteiger partial charge in [-0.15, -0.1) is 0 Å². The zero-order valence-corrected chi connectivity index (χ0v) is 12.2. The first kappa shape index (κ1) is 13.8. The Kier molecular flexibility index (Phi) is 5.45. The second-order valence-electron chi connectivity index (χ2n) is 4.86. The van der Waals surface area contributed by atoms with Crippen LogP contribution in [0.2, 0.25) is 0 Å². The highest BCUT2D eigenvalue weighted by Crippen LogP contribution is 2.30. The average Bonchev–Trinajstić information content (AvgIpc) is 2.91. The van der Waals surface area contributed by atoms with Crippen molar-refractivity contribution in [3.8, 4) is 0 Å². The molecule has 2 rings (SSSR count). The SMILES string of the molecule is CCc1nc(CSC2CCCC2)ncc1CNC. The Balaban J connectivity index is 1.95. The predicted octanol–water partition coefficient (Wildman–Crippen LogP) is 2.93. The van der Waals surface area contributed by atoms with E-state index in [0.29, 0.717) is 0 Å². The number of hydrogen-bond acceptors (Lipinski definition) is 4. The Labute approximate surface area is 114 Å². The summed E-state index contributed by atoms with van der Waals surface area (Å²) in [6, 6.07) is 0. The van der Waals surface area contributed by atoms with Gasteiger partial charge in [-0.2, -0.15) is 11.8 Å². The van der Waals surface area contributed by atoms with Crippen LogP contribution in [0.5, 0.6) is 0 Å². The van der Waals surface area contributed by atoms with Gasteiger partial charge in [0.05, 0.1) is 5.75 Å². The molecule has 1 aromatic heterocycles. The summed E-state index contributed by atoms with van der Waals surface area (Å²) in [7, 11) is 1.96. The largest absolute Gasteiger partial charge is 0.316 e. The minimum absolute atomic E-state index is 0.843. The first-order chi connectivity index (χ1) is 8.83. The molecule has 18 heavy (non-hydrogen) atoms. The van der Waals surface area contributed by atoms with Crippen LogP contribution in [-0.4, -0.2) is 22.3 Å². The van der Waals surface area contributed by atoms with Gasteiger partial charge in [-0.3, -0.25) is 0 Å². The summed E-state index contributed by atoms with van der Waals surface area (Å²) in [5.74, 6) is 1.97. The summed E-state index contributed by atoms with van der Waals surface area (Å²) in [6.07, 6.45) is 8.54. The molecule has 1 N–H and O–H groups in total. The van der Waals surface area contributed by atoms with E-state index in [1.807, 2.05) is 25.0 Å². The number of nitrogens with zero attached hydrogens (tertiary/aromatic N) is 2. The van der Waals surface area contributed by atoms with Gasteiger partial charge in [0, 0.05) is 29.2 Å². The van der Waals surface area contributed by atoms with Gasteiger partial charge < -0.3 is 5.32 Å². The molecule has 0 aromatic carbocycles. The van der Waals surface area contributed by atoms with Gasteiger partial charge in [0.1, 0.15) is 5.82 Å². The van der Waals surface area contributed by atoms with E-state index in [9.17, 15) is 0 Å². The molecule has 1 fully saturated rings. The Hall–Kier alpha value is -0.610. The fourth-order valence-corrected chi connectivity index (χ4v) is 3.64. The number of aromatic nitrogens is 2. The van der Waals surface area contributed by atoms with E-state index in [1.54, 1.807) is 0 Å². The standard InChI is InChI=1S/C14H23N3S/c1-3-13-11(8-15-2)9-16-14(17-13)10-18-12-6-4-5-7-12/h9,12,15H,3-8,10H2,1-2H3. The molecule has 4 heteroatoms. The second kappa shape index (κ2) is 7.10. The molecule has 0 spiro atoms. The predicted molar refractivity (Wildman–Crippen MR) is 77.7 cm³/mol. The summed E-state index contributed by atoms with van der Waals surface area (Å²) in [4.78, 5) is 9.19. The van der Waals surface area contributed by atoms with Crippen LogP contribution in [0.25, 0.3) is 0 Å². The molecular weight excluding hydrogens is 242 g/mol. The summed E-state index contributed by atoms with van der Waals surface area (Å²) < 4.78 is 0. The highest BCUT2D eigenvalue weighted by atomic mass is 32.2. The number of nitrogens with one attached hydrogen (secondary N) is 1. The molecule has 1 heterocycles. The number of thioether (sulfide) groups is 1. The van der Waals surface area contributed by atoms with E-state index in [1.165, 1.54) is 36.9 Å². The van der Waals surface area contributed by atoms with Crippen molar-refractivity contribution in [3.05, 3.63) is 23.3 Å². The van der Waals surface area contributed by atoms with Gasteiger partial charge in [0.2, 0.25) is 0 Å². The normalized spacial score (nSPS) is 16.3. The van der Waals surface area contributed by atoms with Gasteiger partial charge in [-0.25, -0.2) is 9.97 Å². The lowest BCUT2D eigenvalue weighted by molar-refractivity contribution is 0.777. The molecule has 1 aromatic rings. The van der Waals surface area contributed by atoms with Crippen LogP contribution in [0.1, 0.15) is 49.7 Å². The molecule has 0 bridgehead atoms. The minimum Gasteiger partial charge on any atom is -0.316 e. The van der Waals surface area contributed by atoms with Gasteiger partial charge >= 0.3 is 0 Å². The van der Waals surface area contributed by atoms with Gasteiger partial charge in [-0.05, 0) is 26.3 Å². The second-order valence-corrected chi connectivity index (χ2v) is 6.15. The molecular formula is C14H23N3S. The highest BCUT2D eigenvalue weighted by Gasteiger charge is 2.16. The third-order valence-corrected chi connectivity index (χ3v) is 4.82. The van der Waals surface area contributed by atoms with Gasteiger partial charge in [-0.1, -0.05) is 19.8 Å². The van der Waals surface area contributed by atoms with Crippen LogP contribution in [0.3, 0.4) is 0 Å². The molecule has 3 nitrogen and oxygen atoms in total. The molecule has 0 radical (unpaired) electrons. The van der Waals surface area contributed by atoms with E-state index in [-0.39, 0.29) is 0 Å². The van der Waals surface area contributed by atoms with Crippen molar-refractivity contribution in [3.63, 3.8) is 0 Å².